The third-order valence-electron chi connectivity index (χ3n) is 3.54. The van der Waals surface area contributed by atoms with Crippen LogP contribution in [0.25, 0.3) is 11.0 Å². The second-order valence-corrected chi connectivity index (χ2v) is 5.89. The summed E-state index contributed by atoms with van der Waals surface area (Å²) in [5.74, 6) is 0.568. The summed E-state index contributed by atoms with van der Waals surface area (Å²) < 4.78 is 6.65. The molecule has 0 bridgehead atoms. The monoisotopic (exact) mass is 345 g/mol. The number of aliphatic hydroxyl groups excluding tert-OH is 1. The summed E-state index contributed by atoms with van der Waals surface area (Å²) in [5.41, 5.74) is 2.82. The number of furan rings is 1. The van der Waals surface area contributed by atoms with Gasteiger partial charge in [0.1, 0.15) is 17.4 Å². The maximum absolute atomic E-state index is 10.3. The van der Waals surface area contributed by atoms with E-state index in [1.165, 1.54) is 5.56 Å². The molecule has 108 valence electrons. The van der Waals surface area contributed by atoms with Crippen molar-refractivity contribution in [3.05, 3.63) is 64.1 Å². The molecule has 0 saturated heterocycles. The first kappa shape index (κ1) is 14.3. The van der Waals surface area contributed by atoms with E-state index in [-0.39, 0.29) is 0 Å². The molecule has 0 aliphatic heterocycles. The summed E-state index contributed by atoms with van der Waals surface area (Å²) in [6.07, 6.45) is 2.58. The number of pyridine rings is 1. The molecule has 1 N–H and O–H groups in total. The topological polar surface area (TPSA) is 46.3 Å². The highest BCUT2D eigenvalue weighted by atomic mass is 79.9. The van der Waals surface area contributed by atoms with Gasteiger partial charge in [-0.05, 0) is 46.1 Å². The minimum Gasteiger partial charge on any atom is -0.457 e. The van der Waals surface area contributed by atoms with Crippen molar-refractivity contribution in [3.8, 4) is 0 Å². The number of hydrogen-bond donors (Lipinski definition) is 1. The number of aryl methyl sites for hydroxylation is 1. The highest BCUT2D eigenvalue weighted by Crippen LogP contribution is 2.30. The fraction of sp³-hybridized carbons (Fsp3) is 0.235. The first-order valence-corrected chi connectivity index (χ1v) is 7.76. The van der Waals surface area contributed by atoms with E-state index in [1.807, 2.05) is 42.6 Å². The predicted octanol–water partition coefficient (Wildman–Crippen LogP) is 4.43. The molecule has 0 aliphatic carbocycles. The van der Waals surface area contributed by atoms with E-state index >= 15 is 0 Å². The standard InChI is InChI=1S/C17H16BrNO2/c1-2-11-6-7-13(19-10-11)9-15(20)16-8-12-4-3-5-14(18)17(12)21-16/h3-8,10,15,20H,2,9H2,1H3. The second-order valence-electron chi connectivity index (χ2n) is 5.04. The van der Waals surface area contributed by atoms with E-state index in [0.717, 1.165) is 27.6 Å². The smallest absolute Gasteiger partial charge is 0.148 e. The molecule has 0 spiro atoms. The number of hydrogen-bond acceptors (Lipinski definition) is 3. The van der Waals surface area contributed by atoms with Gasteiger partial charge < -0.3 is 9.52 Å². The van der Waals surface area contributed by atoms with Gasteiger partial charge in [-0.3, -0.25) is 4.98 Å². The van der Waals surface area contributed by atoms with Crippen molar-refractivity contribution in [1.82, 2.24) is 4.98 Å². The number of aliphatic hydroxyl groups is 1. The molecule has 0 amide bonds. The summed E-state index contributed by atoms with van der Waals surface area (Å²) in [4.78, 5) is 4.38. The van der Waals surface area contributed by atoms with E-state index < -0.39 is 6.10 Å². The molecule has 0 radical (unpaired) electrons. The van der Waals surface area contributed by atoms with Crippen LogP contribution in [0, 0.1) is 0 Å². The average molecular weight is 346 g/mol. The van der Waals surface area contributed by atoms with Gasteiger partial charge in [-0.15, -0.1) is 0 Å². The van der Waals surface area contributed by atoms with Crippen LogP contribution in [0.3, 0.4) is 0 Å². The molecule has 0 aliphatic rings. The molecule has 21 heavy (non-hydrogen) atoms. The van der Waals surface area contributed by atoms with Gasteiger partial charge >= 0.3 is 0 Å². The fourth-order valence-electron chi connectivity index (χ4n) is 2.30. The number of aromatic nitrogens is 1. The fourth-order valence-corrected chi connectivity index (χ4v) is 2.76. The van der Waals surface area contributed by atoms with Crippen LogP contribution in [0.5, 0.6) is 0 Å². The van der Waals surface area contributed by atoms with Crippen LogP contribution in [-0.2, 0) is 12.8 Å². The van der Waals surface area contributed by atoms with Gasteiger partial charge in [0.2, 0.25) is 0 Å². The van der Waals surface area contributed by atoms with Crippen LogP contribution in [0.15, 0.2) is 51.5 Å². The van der Waals surface area contributed by atoms with Crippen molar-refractivity contribution in [2.24, 2.45) is 0 Å². The molecule has 3 nitrogen and oxygen atoms in total. The minimum absolute atomic E-state index is 0.446. The Hall–Kier alpha value is -1.65. The molecule has 1 unspecified atom stereocenters. The summed E-state index contributed by atoms with van der Waals surface area (Å²) in [7, 11) is 0. The number of fused-ring (bicyclic) bond motifs is 1. The zero-order chi connectivity index (χ0) is 14.8. The Bertz CT molecular complexity index is 749. The number of para-hydroxylation sites is 1. The number of nitrogens with zero attached hydrogens (tertiary/aromatic N) is 1. The number of halogens is 1. The van der Waals surface area contributed by atoms with E-state index in [2.05, 4.69) is 27.8 Å². The molecule has 3 aromatic rings. The van der Waals surface area contributed by atoms with Crippen molar-refractivity contribution in [2.45, 2.75) is 25.9 Å². The van der Waals surface area contributed by atoms with Crippen molar-refractivity contribution in [2.75, 3.05) is 0 Å². The van der Waals surface area contributed by atoms with Gasteiger partial charge in [-0.2, -0.15) is 0 Å². The van der Waals surface area contributed by atoms with Crippen LogP contribution in [0.2, 0.25) is 0 Å². The SMILES string of the molecule is CCc1ccc(CC(O)c2cc3cccc(Br)c3o2)nc1. The van der Waals surface area contributed by atoms with Crippen LogP contribution < -0.4 is 0 Å². The van der Waals surface area contributed by atoms with Gasteiger partial charge in [0.25, 0.3) is 0 Å². The summed E-state index contributed by atoms with van der Waals surface area (Å²) >= 11 is 3.45. The third-order valence-corrected chi connectivity index (χ3v) is 4.16. The summed E-state index contributed by atoms with van der Waals surface area (Å²) in [6, 6.07) is 11.7. The zero-order valence-electron chi connectivity index (χ0n) is 11.7. The van der Waals surface area contributed by atoms with Crippen molar-refractivity contribution < 1.29 is 9.52 Å². The van der Waals surface area contributed by atoms with Crippen LogP contribution >= 0.6 is 15.9 Å². The van der Waals surface area contributed by atoms with E-state index in [4.69, 9.17) is 4.42 Å². The Kier molecular flexibility index (Phi) is 4.08. The second kappa shape index (κ2) is 6.00. The van der Waals surface area contributed by atoms with Crippen molar-refractivity contribution in [3.63, 3.8) is 0 Å². The lowest BCUT2D eigenvalue weighted by atomic mass is 10.1. The first-order chi connectivity index (χ1) is 10.2. The predicted molar refractivity (Wildman–Crippen MR) is 86.2 cm³/mol. The van der Waals surface area contributed by atoms with Crippen LogP contribution in [0.1, 0.15) is 30.0 Å². The minimum atomic E-state index is -0.690. The lowest BCUT2D eigenvalue weighted by Crippen LogP contribution is -2.02. The lowest BCUT2D eigenvalue weighted by Gasteiger charge is -2.07. The highest BCUT2D eigenvalue weighted by molar-refractivity contribution is 9.10. The lowest BCUT2D eigenvalue weighted by molar-refractivity contribution is 0.151. The maximum Gasteiger partial charge on any atom is 0.148 e. The zero-order valence-corrected chi connectivity index (χ0v) is 13.3. The van der Waals surface area contributed by atoms with Crippen LogP contribution in [-0.4, -0.2) is 10.1 Å². The Morgan fingerprint density at radius 1 is 1.29 bits per heavy atom. The van der Waals surface area contributed by atoms with Gasteiger partial charge in [0, 0.05) is 23.7 Å². The van der Waals surface area contributed by atoms with Crippen molar-refractivity contribution in [1.29, 1.82) is 0 Å². The Labute approximate surface area is 131 Å². The average Bonchev–Trinajstić information content (AvgIpc) is 2.94. The van der Waals surface area contributed by atoms with E-state index in [0.29, 0.717) is 12.2 Å². The van der Waals surface area contributed by atoms with E-state index in [9.17, 15) is 5.11 Å². The molecule has 2 heterocycles. The first-order valence-electron chi connectivity index (χ1n) is 6.97. The Balaban J connectivity index is 1.82. The highest BCUT2D eigenvalue weighted by Gasteiger charge is 2.15. The Morgan fingerprint density at radius 3 is 2.81 bits per heavy atom. The summed E-state index contributed by atoms with van der Waals surface area (Å²) in [6.45, 7) is 2.10. The van der Waals surface area contributed by atoms with Gasteiger partial charge in [-0.25, -0.2) is 0 Å². The summed E-state index contributed by atoms with van der Waals surface area (Å²) in [5, 5.41) is 11.3. The maximum atomic E-state index is 10.3. The van der Waals surface area contributed by atoms with Gasteiger partial charge in [0.15, 0.2) is 0 Å². The molecule has 0 saturated carbocycles. The quantitative estimate of drug-likeness (QED) is 0.760. The van der Waals surface area contributed by atoms with Gasteiger partial charge in [-0.1, -0.05) is 25.1 Å². The molecular weight excluding hydrogens is 330 g/mol. The molecule has 4 heteroatoms. The number of rotatable bonds is 4. The number of benzene rings is 1. The van der Waals surface area contributed by atoms with Crippen LogP contribution in [0.4, 0.5) is 0 Å². The largest absolute Gasteiger partial charge is 0.457 e. The molecular formula is C17H16BrNO2. The molecule has 3 rings (SSSR count). The van der Waals surface area contributed by atoms with Gasteiger partial charge in [0.05, 0.1) is 4.47 Å². The molecule has 2 aromatic heterocycles. The normalized spacial score (nSPS) is 12.7. The molecule has 1 atom stereocenters. The molecule has 0 fully saturated rings. The third kappa shape index (κ3) is 3.01. The molecule has 1 aromatic carbocycles. The van der Waals surface area contributed by atoms with Crippen molar-refractivity contribution >= 4 is 26.9 Å². The van der Waals surface area contributed by atoms with E-state index in [1.54, 1.807) is 0 Å². The Morgan fingerprint density at radius 2 is 2.14 bits per heavy atom.